The maximum atomic E-state index is 13.8. The Morgan fingerprint density at radius 1 is 1.05 bits per heavy atom. The van der Waals surface area contributed by atoms with Crippen LogP contribution in [0.2, 0.25) is 0 Å². The second-order valence-electron chi connectivity index (χ2n) is 9.16. The summed E-state index contributed by atoms with van der Waals surface area (Å²) in [6.45, 7) is 5.63. The largest absolute Gasteiger partial charge is 0.490 e. The summed E-state index contributed by atoms with van der Waals surface area (Å²) in [7, 11) is 0. The minimum atomic E-state index is -0.778. The molecule has 4 aromatic rings. The van der Waals surface area contributed by atoms with E-state index in [1.807, 2.05) is 56.3 Å². The molecule has 38 heavy (non-hydrogen) atoms. The number of aromatic nitrogens is 1. The van der Waals surface area contributed by atoms with Crippen molar-refractivity contribution in [2.75, 3.05) is 5.32 Å². The average molecular weight is 528 g/mol. The number of para-hydroxylation sites is 2. The predicted octanol–water partition coefficient (Wildman–Crippen LogP) is 4.80. The number of anilines is 1. The van der Waals surface area contributed by atoms with E-state index in [2.05, 4.69) is 10.3 Å². The van der Waals surface area contributed by atoms with Gasteiger partial charge in [0.1, 0.15) is 11.6 Å². The number of benzene rings is 3. The number of nitrogens with zero attached hydrogens (tertiary/aromatic N) is 2. The minimum Gasteiger partial charge on any atom is -0.490 e. The lowest BCUT2D eigenvalue weighted by molar-refractivity contribution is -0.113. The summed E-state index contributed by atoms with van der Waals surface area (Å²) in [5.74, 6) is -0.113. The van der Waals surface area contributed by atoms with Crippen molar-refractivity contribution in [2.45, 2.75) is 32.9 Å². The van der Waals surface area contributed by atoms with E-state index in [4.69, 9.17) is 4.74 Å². The molecule has 1 amide bonds. The van der Waals surface area contributed by atoms with Gasteiger partial charge in [0, 0.05) is 11.3 Å². The first-order valence-electron chi connectivity index (χ1n) is 12.2. The third-order valence-corrected chi connectivity index (χ3v) is 7.03. The van der Waals surface area contributed by atoms with E-state index < -0.39 is 11.9 Å². The summed E-state index contributed by atoms with van der Waals surface area (Å²) >= 11 is 1.24. The number of hydrogen-bond acceptors (Lipinski definition) is 5. The average Bonchev–Trinajstić information content (AvgIpc) is 3.19. The first kappa shape index (κ1) is 25.4. The van der Waals surface area contributed by atoms with Crippen LogP contribution in [0.25, 0.3) is 6.08 Å². The highest BCUT2D eigenvalue weighted by Gasteiger charge is 2.32. The molecule has 3 aromatic carbocycles. The third-order valence-electron chi connectivity index (χ3n) is 6.05. The van der Waals surface area contributed by atoms with Gasteiger partial charge in [-0.25, -0.2) is 9.38 Å². The van der Waals surface area contributed by atoms with Crippen LogP contribution in [-0.4, -0.2) is 16.6 Å². The zero-order valence-electron chi connectivity index (χ0n) is 21.1. The van der Waals surface area contributed by atoms with Gasteiger partial charge in [-0.3, -0.25) is 14.2 Å². The summed E-state index contributed by atoms with van der Waals surface area (Å²) in [6.07, 6.45) is 1.75. The number of halogens is 1. The molecule has 0 spiro atoms. The molecular weight excluding hydrogens is 501 g/mol. The summed E-state index contributed by atoms with van der Waals surface area (Å²) in [5, 5.41) is 2.91. The van der Waals surface area contributed by atoms with Gasteiger partial charge in [-0.2, -0.15) is 0 Å². The van der Waals surface area contributed by atoms with Crippen LogP contribution in [0.1, 0.15) is 37.9 Å². The van der Waals surface area contributed by atoms with Crippen molar-refractivity contribution in [2.24, 2.45) is 4.99 Å². The first-order chi connectivity index (χ1) is 18.3. The highest BCUT2D eigenvalue weighted by Crippen LogP contribution is 2.31. The molecule has 1 aliphatic heterocycles. The van der Waals surface area contributed by atoms with Gasteiger partial charge in [-0.15, -0.1) is 0 Å². The second-order valence-corrected chi connectivity index (χ2v) is 10.2. The molecule has 0 saturated heterocycles. The molecule has 0 fully saturated rings. The number of carbonyl (C=O) groups excluding carboxylic acids is 1. The van der Waals surface area contributed by atoms with Crippen molar-refractivity contribution in [1.82, 2.24) is 4.57 Å². The molecule has 1 aliphatic rings. The van der Waals surface area contributed by atoms with Crippen molar-refractivity contribution >= 4 is 29.0 Å². The van der Waals surface area contributed by atoms with E-state index >= 15 is 0 Å². The van der Waals surface area contributed by atoms with Gasteiger partial charge < -0.3 is 10.1 Å². The lowest BCUT2D eigenvalue weighted by Crippen LogP contribution is -2.40. The minimum absolute atomic E-state index is 0.0300. The van der Waals surface area contributed by atoms with Gasteiger partial charge >= 0.3 is 0 Å². The van der Waals surface area contributed by atoms with Gasteiger partial charge in [0.2, 0.25) is 0 Å². The van der Waals surface area contributed by atoms with Gasteiger partial charge in [0.05, 0.1) is 27.9 Å². The lowest BCUT2D eigenvalue weighted by atomic mass is 9.95. The first-order valence-corrected chi connectivity index (χ1v) is 13.0. The maximum absolute atomic E-state index is 13.8. The van der Waals surface area contributed by atoms with E-state index in [0.717, 1.165) is 5.56 Å². The van der Waals surface area contributed by atoms with Crippen molar-refractivity contribution in [3.05, 3.63) is 127 Å². The SMILES string of the molecule is CC1=C(C(=O)Nc2ccccc2)[C@@H](c2ccc(F)cc2)n2c(s/c(=C\c3ccccc3OC(C)C)c2=O)=N1. The Morgan fingerprint density at radius 2 is 1.74 bits per heavy atom. The molecule has 6 nitrogen and oxygen atoms in total. The maximum Gasteiger partial charge on any atom is 0.271 e. The van der Waals surface area contributed by atoms with E-state index in [9.17, 15) is 14.0 Å². The summed E-state index contributed by atoms with van der Waals surface area (Å²) in [5.41, 5.74) is 2.51. The highest BCUT2D eigenvalue weighted by atomic mass is 32.1. The Balaban J connectivity index is 1.67. The Kier molecular flexibility index (Phi) is 7.07. The smallest absolute Gasteiger partial charge is 0.271 e. The highest BCUT2D eigenvalue weighted by molar-refractivity contribution is 7.07. The Morgan fingerprint density at radius 3 is 2.45 bits per heavy atom. The quantitative estimate of drug-likeness (QED) is 0.392. The summed E-state index contributed by atoms with van der Waals surface area (Å²) in [4.78, 5) is 32.5. The van der Waals surface area contributed by atoms with E-state index in [1.165, 1.54) is 28.0 Å². The molecule has 0 saturated carbocycles. The van der Waals surface area contributed by atoms with Crippen LogP contribution < -0.4 is 24.9 Å². The number of amides is 1. The lowest BCUT2D eigenvalue weighted by Gasteiger charge is -2.25. The van der Waals surface area contributed by atoms with Crippen LogP contribution in [0, 0.1) is 5.82 Å². The van der Waals surface area contributed by atoms with Crippen LogP contribution in [0.3, 0.4) is 0 Å². The zero-order valence-corrected chi connectivity index (χ0v) is 22.0. The van der Waals surface area contributed by atoms with E-state index in [1.54, 1.807) is 37.3 Å². The fourth-order valence-electron chi connectivity index (χ4n) is 4.39. The third kappa shape index (κ3) is 5.08. The number of thiazole rings is 1. The van der Waals surface area contributed by atoms with Crippen LogP contribution in [0.4, 0.5) is 10.1 Å². The molecule has 5 rings (SSSR count). The monoisotopic (exact) mass is 527 g/mol. The number of ether oxygens (including phenoxy) is 1. The normalized spacial score (nSPS) is 15.3. The molecule has 8 heteroatoms. The second kappa shape index (κ2) is 10.6. The number of hydrogen-bond donors (Lipinski definition) is 1. The number of rotatable bonds is 6. The Hall–Kier alpha value is -4.30. The summed E-state index contributed by atoms with van der Waals surface area (Å²) < 4.78 is 21.7. The molecule has 0 unspecified atom stereocenters. The van der Waals surface area contributed by atoms with Gasteiger partial charge in [-0.05, 0) is 62.7 Å². The Labute approximate surface area is 223 Å². The topological polar surface area (TPSA) is 72.7 Å². The standard InChI is InChI=1S/C30H26FN3O3S/c1-18(2)37-24-12-8-7-9-21(24)17-25-29(36)34-27(20-13-15-22(31)16-14-20)26(19(3)32-30(34)38-25)28(35)33-23-10-5-4-6-11-23/h4-18,27H,1-3H3,(H,33,35)/b25-17-/t27-/m1/s1. The number of allylic oxidation sites excluding steroid dienone is 1. The van der Waals surface area contributed by atoms with Crippen molar-refractivity contribution in [3.63, 3.8) is 0 Å². The molecule has 0 bridgehead atoms. The molecule has 1 aromatic heterocycles. The predicted molar refractivity (Wildman–Crippen MR) is 147 cm³/mol. The van der Waals surface area contributed by atoms with Gasteiger partial charge in [0.25, 0.3) is 11.5 Å². The molecule has 2 heterocycles. The van der Waals surface area contributed by atoms with E-state index in [-0.39, 0.29) is 17.6 Å². The van der Waals surface area contributed by atoms with Crippen LogP contribution in [0.5, 0.6) is 5.75 Å². The molecule has 192 valence electrons. The van der Waals surface area contributed by atoms with Crippen molar-refractivity contribution in [1.29, 1.82) is 0 Å². The van der Waals surface area contributed by atoms with Crippen molar-refractivity contribution in [3.8, 4) is 5.75 Å². The van der Waals surface area contributed by atoms with Crippen LogP contribution >= 0.6 is 11.3 Å². The van der Waals surface area contributed by atoms with Gasteiger partial charge in [-0.1, -0.05) is 59.9 Å². The van der Waals surface area contributed by atoms with E-state index in [0.29, 0.717) is 37.6 Å². The fraction of sp³-hybridized carbons (Fsp3) is 0.167. The number of nitrogens with one attached hydrogen (secondary N) is 1. The molecule has 0 radical (unpaired) electrons. The zero-order chi connectivity index (χ0) is 26.8. The van der Waals surface area contributed by atoms with Crippen LogP contribution in [-0.2, 0) is 4.79 Å². The van der Waals surface area contributed by atoms with Crippen molar-refractivity contribution < 1.29 is 13.9 Å². The molecule has 1 N–H and O–H groups in total. The van der Waals surface area contributed by atoms with Gasteiger partial charge in [0.15, 0.2) is 4.80 Å². The number of carbonyl (C=O) groups is 1. The molecular formula is C30H26FN3O3S. The molecule has 1 atom stereocenters. The fourth-order valence-corrected chi connectivity index (χ4v) is 5.43. The molecule has 0 aliphatic carbocycles. The summed E-state index contributed by atoms with van der Waals surface area (Å²) in [6, 6.07) is 21.6. The number of fused-ring (bicyclic) bond motifs is 1. The van der Waals surface area contributed by atoms with Crippen LogP contribution in [0.15, 0.2) is 99.9 Å². The Bertz CT molecular complexity index is 1700.